The number of carbonyl (C=O) groups excluding carboxylic acids is 1. The molecule has 0 aromatic rings. The molecule has 0 spiro atoms. The summed E-state index contributed by atoms with van der Waals surface area (Å²) in [6.07, 6.45) is 2.72. The Hall–Kier alpha value is -0.870. The van der Waals surface area contributed by atoms with Crippen LogP contribution in [0.2, 0.25) is 0 Å². The van der Waals surface area contributed by atoms with Gasteiger partial charge in [0.05, 0.1) is 0 Å². The number of ether oxygens (including phenoxy) is 1. The number of rotatable bonds is 6. The number of carbonyl (C=O) groups is 1. The Bertz CT molecular complexity index is 178. The smallest absolute Gasteiger partial charge is 0.332 e. The number of hydrogen-bond donors (Lipinski definition) is 2. The standard InChI is InChI=1S/C9H16O4/c1-3-5-6-9(12,7-10)13-8(11)4-2/h4,10,12H,2-3,5-7H2,1H3. The van der Waals surface area contributed by atoms with Gasteiger partial charge in [-0.05, 0) is 6.42 Å². The summed E-state index contributed by atoms with van der Waals surface area (Å²) < 4.78 is 4.59. The van der Waals surface area contributed by atoms with Gasteiger partial charge in [0.1, 0.15) is 6.61 Å². The maximum atomic E-state index is 10.7. The minimum Gasteiger partial charge on any atom is -0.428 e. The first-order chi connectivity index (χ1) is 6.08. The van der Waals surface area contributed by atoms with Crippen molar-refractivity contribution in [2.45, 2.75) is 32.0 Å². The molecule has 2 N–H and O–H groups in total. The summed E-state index contributed by atoms with van der Waals surface area (Å²) in [6.45, 7) is 4.54. The molecule has 0 radical (unpaired) electrons. The molecule has 0 aromatic heterocycles. The molecule has 0 rings (SSSR count). The van der Waals surface area contributed by atoms with Gasteiger partial charge in [-0.2, -0.15) is 0 Å². The highest BCUT2D eigenvalue weighted by molar-refractivity contribution is 5.81. The number of aliphatic hydroxyl groups is 2. The highest BCUT2D eigenvalue weighted by Gasteiger charge is 2.28. The molecule has 1 unspecified atom stereocenters. The van der Waals surface area contributed by atoms with E-state index in [2.05, 4.69) is 11.3 Å². The molecule has 0 aliphatic heterocycles. The summed E-state index contributed by atoms with van der Waals surface area (Å²) >= 11 is 0. The van der Waals surface area contributed by atoms with Gasteiger partial charge >= 0.3 is 5.97 Å². The lowest BCUT2D eigenvalue weighted by molar-refractivity contribution is -0.221. The first-order valence-electron chi connectivity index (χ1n) is 4.26. The Morgan fingerprint density at radius 2 is 2.31 bits per heavy atom. The van der Waals surface area contributed by atoms with Gasteiger partial charge in [0.15, 0.2) is 0 Å². The molecule has 0 aromatic carbocycles. The predicted molar refractivity (Wildman–Crippen MR) is 47.8 cm³/mol. The molecule has 76 valence electrons. The maximum Gasteiger partial charge on any atom is 0.332 e. The minimum absolute atomic E-state index is 0.236. The highest BCUT2D eigenvalue weighted by Crippen LogP contribution is 2.15. The first-order valence-corrected chi connectivity index (χ1v) is 4.26. The van der Waals surface area contributed by atoms with Crippen LogP contribution in [0.4, 0.5) is 0 Å². The minimum atomic E-state index is -1.75. The summed E-state index contributed by atoms with van der Waals surface area (Å²) in [6, 6.07) is 0. The summed E-state index contributed by atoms with van der Waals surface area (Å²) in [5.74, 6) is -2.48. The first kappa shape index (κ1) is 12.1. The van der Waals surface area contributed by atoms with Gasteiger partial charge in [0, 0.05) is 12.5 Å². The van der Waals surface area contributed by atoms with Crippen LogP contribution in [-0.2, 0) is 9.53 Å². The molecule has 0 aliphatic rings. The molecule has 4 heteroatoms. The van der Waals surface area contributed by atoms with Gasteiger partial charge in [-0.1, -0.05) is 19.9 Å². The van der Waals surface area contributed by atoms with E-state index >= 15 is 0 Å². The molecule has 0 fully saturated rings. The van der Waals surface area contributed by atoms with Crippen molar-refractivity contribution in [2.75, 3.05) is 6.61 Å². The zero-order chi connectivity index (χ0) is 10.3. The molecule has 0 amide bonds. The van der Waals surface area contributed by atoms with Gasteiger partial charge in [-0.15, -0.1) is 0 Å². The Morgan fingerprint density at radius 1 is 1.69 bits per heavy atom. The predicted octanol–water partition coefficient (Wildman–Crippen LogP) is 0.587. The number of hydrogen-bond acceptors (Lipinski definition) is 4. The van der Waals surface area contributed by atoms with Crippen molar-refractivity contribution in [1.82, 2.24) is 0 Å². The Labute approximate surface area is 77.8 Å². The third-order valence-corrected chi connectivity index (χ3v) is 1.63. The van der Waals surface area contributed by atoms with Crippen molar-refractivity contribution in [3.8, 4) is 0 Å². The van der Waals surface area contributed by atoms with Gasteiger partial charge in [0.2, 0.25) is 5.79 Å². The van der Waals surface area contributed by atoms with Crippen LogP contribution in [0.3, 0.4) is 0 Å². The zero-order valence-electron chi connectivity index (χ0n) is 7.82. The van der Waals surface area contributed by atoms with E-state index in [0.29, 0.717) is 6.42 Å². The van der Waals surface area contributed by atoms with Crippen molar-refractivity contribution in [1.29, 1.82) is 0 Å². The Kier molecular flexibility index (Phi) is 5.34. The normalized spacial score (nSPS) is 14.7. The lowest BCUT2D eigenvalue weighted by Gasteiger charge is -2.24. The van der Waals surface area contributed by atoms with E-state index in [-0.39, 0.29) is 6.42 Å². The van der Waals surface area contributed by atoms with E-state index in [4.69, 9.17) is 5.11 Å². The second kappa shape index (κ2) is 5.72. The summed E-state index contributed by atoms with van der Waals surface area (Å²) in [4.78, 5) is 10.7. The number of unbranched alkanes of at least 4 members (excludes halogenated alkanes) is 1. The molecule has 13 heavy (non-hydrogen) atoms. The second-order valence-corrected chi connectivity index (χ2v) is 2.83. The van der Waals surface area contributed by atoms with Crippen LogP contribution in [0.5, 0.6) is 0 Å². The maximum absolute atomic E-state index is 10.7. The van der Waals surface area contributed by atoms with Crippen molar-refractivity contribution in [3.63, 3.8) is 0 Å². The van der Waals surface area contributed by atoms with E-state index in [1.54, 1.807) is 0 Å². The van der Waals surface area contributed by atoms with E-state index in [1.165, 1.54) is 0 Å². The van der Waals surface area contributed by atoms with Crippen molar-refractivity contribution in [2.24, 2.45) is 0 Å². The van der Waals surface area contributed by atoms with Crippen LogP contribution in [-0.4, -0.2) is 28.6 Å². The lowest BCUT2D eigenvalue weighted by Crippen LogP contribution is -2.38. The fourth-order valence-electron chi connectivity index (χ4n) is 0.844. The van der Waals surface area contributed by atoms with Gasteiger partial charge < -0.3 is 14.9 Å². The third-order valence-electron chi connectivity index (χ3n) is 1.63. The van der Waals surface area contributed by atoms with Crippen LogP contribution in [0.1, 0.15) is 26.2 Å². The number of esters is 1. The van der Waals surface area contributed by atoms with Crippen LogP contribution in [0.15, 0.2) is 12.7 Å². The lowest BCUT2D eigenvalue weighted by atomic mass is 10.1. The molecule has 4 nitrogen and oxygen atoms in total. The van der Waals surface area contributed by atoms with Gasteiger partial charge in [0.25, 0.3) is 0 Å². The molecule has 0 bridgehead atoms. The van der Waals surface area contributed by atoms with Crippen molar-refractivity contribution >= 4 is 5.97 Å². The van der Waals surface area contributed by atoms with E-state index in [9.17, 15) is 9.90 Å². The van der Waals surface area contributed by atoms with Gasteiger partial charge in [-0.25, -0.2) is 4.79 Å². The molecule has 1 atom stereocenters. The van der Waals surface area contributed by atoms with Crippen LogP contribution >= 0.6 is 0 Å². The number of aliphatic hydroxyl groups excluding tert-OH is 1. The quantitative estimate of drug-likeness (QED) is 0.363. The molecule has 0 aliphatic carbocycles. The summed E-state index contributed by atoms with van der Waals surface area (Å²) in [5.41, 5.74) is 0. The SMILES string of the molecule is C=CC(=O)OC(O)(CO)CCCC. The molecule has 0 heterocycles. The van der Waals surface area contributed by atoms with Gasteiger partial charge in [-0.3, -0.25) is 0 Å². The van der Waals surface area contributed by atoms with E-state index < -0.39 is 18.4 Å². The second-order valence-electron chi connectivity index (χ2n) is 2.83. The monoisotopic (exact) mass is 188 g/mol. The third kappa shape index (κ3) is 4.65. The highest BCUT2D eigenvalue weighted by atomic mass is 16.7. The Morgan fingerprint density at radius 3 is 2.69 bits per heavy atom. The Balaban J connectivity index is 4.09. The van der Waals surface area contributed by atoms with Crippen LogP contribution < -0.4 is 0 Å². The fourth-order valence-corrected chi connectivity index (χ4v) is 0.844. The summed E-state index contributed by atoms with van der Waals surface area (Å²) in [5, 5.41) is 18.3. The molecular formula is C9H16O4. The largest absolute Gasteiger partial charge is 0.428 e. The molecule has 0 saturated heterocycles. The molecular weight excluding hydrogens is 172 g/mol. The fraction of sp³-hybridized carbons (Fsp3) is 0.667. The van der Waals surface area contributed by atoms with E-state index in [1.807, 2.05) is 6.92 Å². The average Bonchev–Trinajstić information content (AvgIpc) is 2.14. The summed E-state index contributed by atoms with van der Waals surface area (Å²) in [7, 11) is 0. The van der Waals surface area contributed by atoms with E-state index in [0.717, 1.165) is 12.5 Å². The molecule has 0 saturated carbocycles. The van der Waals surface area contributed by atoms with Crippen LogP contribution in [0.25, 0.3) is 0 Å². The van der Waals surface area contributed by atoms with Crippen molar-refractivity contribution < 1.29 is 19.7 Å². The topological polar surface area (TPSA) is 66.8 Å². The average molecular weight is 188 g/mol. The zero-order valence-corrected chi connectivity index (χ0v) is 7.82. The van der Waals surface area contributed by atoms with Crippen molar-refractivity contribution in [3.05, 3.63) is 12.7 Å². The van der Waals surface area contributed by atoms with Crippen LogP contribution in [0, 0.1) is 0 Å².